The van der Waals surface area contributed by atoms with Crippen LogP contribution in [0.25, 0.3) is 0 Å². The summed E-state index contributed by atoms with van der Waals surface area (Å²) in [7, 11) is 0. The van der Waals surface area contributed by atoms with Crippen molar-refractivity contribution in [2.45, 2.75) is 6.42 Å². The Balaban J connectivity index is 1.80. The van der Waals surface area contributed by atoms with Gasteiger partial charge in [-0.2, -0.15) is 0 Å². The van der Waals surface area contributed by atoms with Crippen LogP contribution in [0.2, 0.25) is 0 Å². The molecule has 0 aromatic carbocycles. The van der Waals surface area contributed by atoms with Gasteiger partial charge in [0.1, 0.15) is 0 Å². The molecule has 0 aliphatic carbocycles. The molecule has 2 aliphatic heterocycles. The molecule has 0 radical (unpaired) electrons. The number of nitrogens with one attached hydrogen (secondary N) is 1. The van der Waals surface area contributed by atoms with E-state index >= 15 is 0 Å². The highest BCUT2D eigenvalue weighted by molar-refractivity contribution is 14.1. The van der Waals surface area contributed by atoms with Crippen molar-refractivity contribution in [1.29, 1.82) is 0 Å². The van der Waals surface area contributed by atoms with Crippen molar-refractivity contribution in [3.63, 3.8) is 0 Å². The average molecular weight is 329 g/mol. The van der Waals surface area contributed by atoms with Crippen molar-refractivity contribution in [2.24, 2.45) is 11.8 Å². The van der Waals surface area contributed by atoms with Crippen molar-refractivity contribution < 1.29 is 0 Å². The largest absolute Gasteiger partial charge is 0.370 e. The Morgan fingerprint density at radius 3 is 2.69 bits per heavy atom. The highest BCUT2D eigenvalue weighted by Gasteiger charge is 2.30. The topological polar surface area (TPSA) is 28.2 Å². The third-order valence-electron chi connectivity index (χ3n) is 3.55. The number of pyridine rings is 1. The first kappa shape index (κ1) is 10.8. The molecule has 3 nitrogen and oxygen atoms in total. The predicted octanol–water partition coefficient (Wildman–Crippen LogP) is 1.73. The van der Waals surface area contributed by atoms with E-state index in [1.165, 1.54) is 41.9 Å². The summed E-state index contributed by atoms with van der Waals surface area (Å²) in [6.45, 7) is 4.74. The summed E-state index contributed by atoms with van der Waals surface area (Å²) < 4.78 is 1.23. The van der Waals surface area contributed by atoms with Crippen molar-refractivity contribution in [2.75, 3.05) is 31.1 Å². The maximum absolute atomic E-state index is 4.29. The predicted molar refractivity (Wildman–Crippen MR) is 73.6 cm³/mol. The van der Waals surface area contributed by atoms with Gasteiger partial charge < -0.3 is 10.2 Å². The lowest BCUT2D eigenvalue weighted by molar-refractivity contribution is 0.249. The van der Waals surface area contributed by atoms with Crippen LogP contribution in [-0.2, 0) is 0 Å². The van der Waals surface area contributed by atoms with Crippen LogP contribution >= 0.6 is 22.6 Å². The number of rotatable bonds is 1. The molecule has 3 rings (SSSR count). The van der Waals surface area contributed by atoms with E-state index in [2.05, 4.69) is 43.9 Å². The number of fused-ring (bicyclic) bond motifs is 2. The van der Waals surface area contributed by atoms with E-state index in [0.717, 1.165) is 11.8 Å². The standard InChI is InChI=1S/C12H16IN3/c13-11-2-12(6-15-5-11)16-7-9-1-10(8-16)4-14-3-9/h2,5-6,9-10,14H,1,3-4,7-8H2. The molecule has 2 fully saturated rings. The number of nitrogens with zero attached hydrogens (tertiary/aromatic N) is 2. The maximum Gasteiger partial charge on any atom is 0.0563 e. The molecule has 1 N–H and O–H groups in total. The number of hydrogen-bond donors (Lipinski definition) is 1. The van der Waals surface area contributed by atoms with Gasteiger partial charge in [0.25, 0.3) is 0 Å². The second-order valence-electron chi connectivity index (χ2n) is 4.89. The number of piperidine rings is 2. The molecule has 0 spiro atoms. The minimum Gasteiger partial charge on any atom is -0.370 e. The molecule has 0 saturated carbocycles. The average Bonchev–Trinajstić information content (AvgIpc) is 2.28. The number of hydrogen-bond acceptors (Lipinski definition) is 3. The molecular weight excluding hydrogens is 313 g/mol. The molecule has 1 aromatic rings. The lowest BCUT2D eigenvalue weighted by Crippen LogP contribution is -2.51. The zero-order chi connectivity index (χ0) is 11.0. The molecule has 2 atom stereocenters. The van der Waals surface area contributed by atoms with Gasteiger partial charge in [-0.15, -0.1) is 0 Å². The Hall–Kier alpha value is -0.360. The molecule has 0 amide bonds. The van der Waals surface area contributed by atoms with Gasteiger partial charge in [-0.1, -0.05) is 0 Å². The first-order chi connectivity index (χ1) is 7.81. The Bertz CT molecular complexity index is 370. The van der Waals surface area contributed by atoms with Gasteiger partial charge >= 0.3 is 0 Å². The number of aromatic nitrogens is 1. The second kappa shape index (κ2) is 4.49. The summed E-state index contributed by atoms with van der Waals surface area (Å²) in [5.41, 5.74) is 1.29. The molecule has 4 heteroatoms. The minimum atomic E-state index is 0.824. The van der Waals surface area contributed by atoms with Crippen LogP contribution in [0.4, 0.5) is 5.69 Å². The van der Waals surface area contributed by atoms with Gasteiger partial charge in [-0.3, -0.25) is 4.98 Å². The van der Waals surface area contributed by atoms with Crippen molar-refractivity contribution >= 4 is 28.3 Å². The highest BCUT2D eigenvalue weighted by Crippen LogP contribution is 2.28. The fourth-order valence-electron chi connectivity index (χ4n) is 2.89. The lowest BCUT2D eigenvalue weighted by atomic mass is 9.86. The van der Waals surface area contributed by atoms with E-state index in [9.17, 15) is 0 Å². The SMILES string of the molecule is Ic1cncc(N2CC3CNCC(C3)C2)c1. The summed E-state index contributed by atoms with van der Waals surface area (Å²) in [6.07, 6.45) is 5.31. The smallest absolute Gasteiger partial charge is 0.0563 e. The van der Waals surface area contributed by atoms with E-state index in [1.54, 1.807) is 0 Å². The lowest BCUT2D eigenvalue weighted by Gasteiger charge is -2.42. The number of halogens is 1. The first-order valence-electron chi connectivity index (χ1n) is 5.87. The minimum absolute atomic E-state index is 0.824. The molecule has 2 saturated heterocycles. The van der Waals surface area contributed by atoms with E-state index in [4.69, 9.17) is 0 Å². The van der Waals surface area contributed by atoms with E-state index in [0.29, 0.717) is 0 Å². The van der Waals surface area contributed by atoms with Gasteiger partial charge in [0.05, 0.1) is 11.9 Å². The third-order valence-corrected chi connectivity index (χ3v) is 4.14. The Morgan fingerprint density at radius 1 is 1.25 bits per heavy atom. The zero-order valence-corrected chi connectivity index (χ0v) is 11.4. The van der Waals surface area contributed by atoms with Crippen molar-refractivity contribution in [1.82, 2.24) is 10.3 Å². The normalized spacial score (nSPS) is 29.2. The Morgan fingerprint density at radius 2 is 2.00 bits per heavy atom. The van der Waals surface area contributed by atoms with Gasteiger partial charge in [0, 0.05) is 22.9 Å². The highest BCUT2D eigenvalue weighted by atomic mass is 127. The van der Waals surface area contributed by atoms with Crippen LogP contribution in [-0.4, -0.2) is 31.2 Å². The third kappa shape index (κ3) is 2.18. The molecule has 2 aliphatic rings. The second-order valence-corrected chi connectivity index (χ2v) is 6.14. The van der Waals surface area contributed by atoms with Crippen LogP contribution in [0, 0.1) is 15.4 Å². The molecule has 16 heavy (non-hydrogen) atoms. The van der Waals surface area contributed by atoms with Gasteiger partial charge in [-0.05, 0) is 60.0 Å². The summed E-state index contributed by atoms with van der Waals surface area (Å²) >= 11 is 2.33. The van der Waals surface area contributed by atoms with E-state index in [1.807, 2.05) is 12.4 Å². The van der Waals surface area contributed by atoms with Gasteiger partial charge in [-0.25, -0.2) is 0 Å². The molecule has 86 valence electrons. The Labute approximate surface area is 110 Å². The fraction of sp³-hybridized carbons (Fsp3) is 0.583. The quantitative estimate of drug-likeness (QED) is 0.796. The summed E-state index contributed by atoms with van der Waals surface area (Å²) in [5, 5.41) is 3.53. The van der Waals surface area contributed by atoms with Crippen molar-refractivity contribution in [3.05, 3.63) is 22.0 Å². The molecule has 2 bridgehead atoms. The molecule has 3 heterocycles. The zero-order valence-electron chi connectivity index (χ0n) is 9.19. The van der Waals surface area contributed by atoms with Crippen LogP contribution in [0.3, 0.4) is 0 Å². The summed E-state index contributed by atoms with van der Waals surface area (Å²) in [5.74, 6) is 1.65. The molecule has 1 aromatic heterocycles. The summed E-state index contributed by atoms with van der Waals surface area (Å²) in [6, 6.07) is 2.24. The fourth-order valence-corrected chi connectivity index (χ4v) is 3.37. The maximum atomic E-state index is 4.29. The van der Waals surface area contributed by atoms with E-state index in [-0.39, 0.29) is 0 Å². The van der Waals surface area contributed by atoms with Crippen molar-refractivity contribution in [3.8, 4) is 0 Å². The van der Waals surface area contributed by atoms with Gasteiger partial charge in [0.15, 0.2) is 0 Å². The summed E-state index contributed by atoms with van der Waals surface area (Å²) in [4.78, 5) is 6.80. The van der Waals surface area contributed by atoms with Crippen LogP contribution < -0.4 is 10.2 Å². The van der Waals surface area contributed by atoms with Crippen LogP contribution in [0.15, 0.2) is 18.5 Å². The van der Waals surface area contributed by atoms with Gasteiger partial charge in [0.2, 0.25) is 0 Å². The Kier molecular flexibility index (Phi) is 3.02. The first-order valence-corrected chi connectivity index (χ1v) is 6.95. The monoisotopic (exact) mass is 329 g/mol. The number of anilines is 1. The van der Waals surface area contributed by atoms with Crippen LogP contribution in [0.5, 0.6) is 0 Å². The van der Waals surface area contributed by atoms with E-state index < -0.39 is 0 Å². The molecule has 2 unspecified atom stereocenters. The van der Waals surface area contributed by atoms with Crippen LogP contribution in [0.1, 0.15) is 6.42 Å². The molecular formula is C12H16IN3.